The van der Waals surface area contributed by atoms with Crippen LogP contribution in [-0.2, 0) is 4.74 Å². The number of ether oxygens (including phenoxy) is 1. The van der Waals surface area contributed by atoms with E-state index in [1.165, 1.54) is 48.9 Å². The molecule has 0 bridgehead atoms. The van der Waals surface area contributed by atoms with Crippen LogP contribution in [0.15, 0.2) is 0 Å². The van der Waals surface area contributed by atoms with E-state index in [1.54, 1.807) is 13.3 Å². The summed E-state index contributed by atoms with van der Waals surface area (Å²) in [5.41, 5.74) is 0. The summed E-state index contributed by atoms with van der Waals surface area (Å²) < 4.78 is 11.6. The predicted molar refractivity (Wildman–Crippen MR) is 88.6 cm³/mol. The fraction of sp³-hybridized carbons (Fsp3) is 1.00. The van der Waals surface area contributed by atoms with E-state index < -0.39 is 18.4 Å². The van der Waals surface area contributed by atoms with Crippen molar-refractivity contribution in [3.63, 3.8) is 0 Å². The van der Waals surface area contributed by atoms with Crippen LogP contribution in [0.25, 0.3) is 0 Å². The molecule has 0 radical (unpaired) electrons. The Morgan fingerprint density at radius 1 is 0.895 bits per heavy atom. The monoisotopic (exact) mass is 376 g/mol. The van der Waals surface area contributed by atoms with Gasteiger partial charge in [0.15, 0.2) is 0 Å². The molecular formula is C17H36OSn. The molecule has 1 aliphatic rings. The minimum absolute atomic E-state index is 0.964. The molecule has 19 heavy (non-hydrogen) atoms. The number of methoxy groups -OCH3 is 1. The van der Waals surface area contributed by atoms with Crippen molar-refractivity contribution in [3.05, 3.63) is 0 Å². The Morgan fingerprint density at radius 2 is 1.37 bits per heavy atom. The number of rotatable bonds is 12. The van der Waals surface area contributed by atoms with E-state index in [0.29, 0.717) is 0 Å². The Bertz CT molecular complexity index is 208. The van der Waals surface area contributed by atoms with E-state index >= 15 is 0 Å². The standard InChI is InChI=1S/C5H9O.3C4H9.Sn/c1-6-4-5-2-3-5;3*1-3-4-2;/h2,5H,3-4H2,1H3;3*1,3-4H2,2H3;. The van der Waals surface area contributed by atoms with E-state index in [9.17, 15) is 0 Å². The van der Waals surface area contributed by atoms with Gasteiger partial charge in [-0.2, -0.15) is 0 Å². The van der Waals surface area contributed by atoms with Gasteiger partial charge in [0.05, 0.1) is 0 Å². The van der Waals surface area contributed by atoms with Gasteiger partial charge in [0.25, 0.3) is 0 Å². The maximum absolute atomic E-state index is 5.44. The van der Waals surface area contributed by atoms with Crippen molar-refractivity contribution >= 4 is 18.4 Å². The first-order chi connectivity index (χ1) is 9.24. The zero-order chi connectivity index (χ0) is 14.1. The molecule has 0 aliphatic heterocycles. The summed E-state index contributed by atoms with van der Waals surface area (Å²) in [7, 11) is 1.89. The van der Waals surface area contributed by atoms with Crippen molar-refractivity contribution in [1.82, 2.24) is 0 Å². The van der Waals surface area contributed by atoms with Crippen LogP contribution >= 0.6 is 0 Å². The first kappa shape index (κ1) is 17.8. The molecule has 0 aromatic carbocycles. The van der Waals surface area contributed by atoms with Gasteiger partial charge in [0.2, 0.25) is 0 Å². The van der Waals surface area contributed by atoms with Gasteiger partial charge in [-0.15, -0.1) is 0 Å². The van der Waals surface area contributed by atoms with Gasteiger partial charge in [0.1, 0.15) is 0 Å². The second-order valence-electron chi connectivity index (χ2n) is 6.73. The molecule has 1 saturated carbocycles. The summed E-state index contributed by atoms with van der Waals surface area (Å²) in [4.78, 5) is 0. The molecule has 2 unspecified atom stereocenters. The third-order valence-electron chi connectivity index (χ3n) is 5.17. The van der Waals surface area contributed by atoms with Crippen LogP contribution in [0.3, 0.4) is 0 Å². The van der Waals surface area contributed by atoms with Crippen LogP contribution in [0.1, 0.15) is 65.7 Å². The predicted octanol–water partition coefficient (Wildman–Crippen LogP) is 5.87. The van der Waals surface area contributed by atoms with Crippen LogP contribution in [0.5, 0.6) is 0 Å². The van der Waals surface area contributed by atoms with Crippen LogP contribution in [-0.4, -0.2) is 32.1 Å². The SMILES string of the molecule is CCC[CH2][Sn]([CH2]CCC)([CH2]CCC)[CH]1CC1COC. The average molecular weight is 375 g/mol. The second-order valence-corrected chi connectivity index (χ2v) is 20.9. The summed E-state index contributed by atoms with van der Waals surface area (Å²) >= 11 is -1.86. The number of hydrogen-bond acceptors (Lipinski definition) is 1. The fourth-order valence-corrected chi connectivity index (χ4v) is 23.7. The van der Waals surface area contributed by atoms with E-state index in [1.807, 2.05) is 7.11 Å². The van der Waals surface area contributed by atoms with Gasteiger partial charge in [-0.25, -0.2) is 0 Å². The summed E-state index contributed by atoms with van der Waals surface area (Å²) in [5.74, 6) is 0.964. The van der Waals surface area contributed by atoms with Crippen LogP contribution in [0, 0.1) is 5.92 Å². The zero-order valence-corrected chi connectivity index (χ0v) is 16.7. The Kier molecular flexibility index (Phi) is 9.05. The third kappa shape index (κ3) is 5.57. The Hall–Kier alpha value is 0.759. The molecule has 2 atom stereocenters. The van der Waals surface area contributed by atoms with Crippen molar-refractivity contribution in [1.29, 1.82) is 0 Å². The molecule has 1 nitrogen and oxygen atoms in total. The van der Waals surface area contributed by atoms with Crippen molar-refractivity contribution in [2.24, 2.45) is 5.92 Å². The Morgan fingerprint density at radius 3 is 1.74 bits per heavy atom. The fourth-order valence-electron chi connectivity index (χ4n) is 3.91. The van der Waals surface area contributed by atoms with Crippen molar-refractivity contribution in [2.45, 2.75) is 83.0 Å². The minimum atomic E-state index is -1.86. The van der Waals surface area contributed by atoms with Crippen molar-refractivity contribution < 1.29 is 4.74 Å². The van der Waals surface area contributed by atoms with E-state index in [2.05, 4.69) is 20.8 Å². The molecule has 1 fully saturated rings. The molecule has 1 aliphatic carbocycles. The average Bonchev–Trinajstić information content (AvgIpc) is 3.19. The second kappa shape index (κ2) is 9.65. The van der Waals surface area contributed by atoms with Gasteiger partial charge in [-0.1, -0.05) is 0 Å². The molecule has 0 amide bonds. The summed E-state index contributed by atoms with van der Waals surface area (Å²) in [5, 5.41) is 0. The van der Waals surface area contributed by atoms with Crippen molar-refractivity contribution in [3.8, 4) is 0 Å². The van der Waals surface area contributed by atoms with Gasteiger partial charge < -0.3 is 0 Å². The first-order valence-corrected chi connectivity index (χ1v) is 16.4. The van der Waals surface area contributed by atoms with Gasteiger partial charge in [-0.3, -0.25) is 0 Å². The van der Waals surface area contributed by atoms with Crippen LogP contribution in [0.2, 0.25) is 17.2 Å². The quantitative estimate of drug-likeness (QED) is 0.388. The normalized spacial score (nSPS) is 22.7. The molecule has 2 heteroatoms. The molecular weight excluding hydrogens is 339 g/mol. The van der Waals surface area contributed by atoms with Crippen LogP contribution in [0.4, 0.5) is 0 Å². The van der Waals surface area contributed by atoms with Crippen LogP contribution < -0.4 is 0 Å². The molecule has 0 N–H and O–H groups in total. The molecule has 1 rings (SSSR count). The Labute approximate surface area is 125 Å². The maximum atomic E-state index is 5.44. The molecule has 0 saturated heterocycles. The number of unbranched alkanes of at least 4 members (excludes halogenated alkanes) is 3. The molecule has 0 aromatic heterocycles. The molecule has 114 valence electrons. The molecule has 0 aromatic rings. The summed E-state index contributed by atoms with van der Waals surface area (Å²) in [6.45, 7) is 8.16. The van der Waals surface area contributed by atoms with E-state index in [0.717, 1.165) is 12.5 Å². The Balaban J connectivity index is 2.65. The van der Waals surface area contributed by atoms with E-state index in [4.69, 9.17) is 4.74 Å². The molecule has 0 spiro atoms. The topological polar surface area (TPSA) is 9.23 Å². The summed E-state index contributed by atoms with van der Waals surface area (Å²) in [6.07, 6.45) is 10.3. The van der Waals surface area contributed by atoms with Gasteiger partial charge in [0, 0.05) is 0 Å². The van der Waals surface area contributed by atoms with Gasteiger partial charge >= 0.3 is 126 Å². The third-order valence-corrected chi connectivity index (χ3v) is 23.2. The van der Waals surface area contributed by atoms with Crippen molar-refractivity contribution in [2.75, 3.05) is 13.7 Å². The number of hydrogen-bond donors (Lipinski definition) is 0. The van der Waals surface area contributed by atoms with E-state index in [-0.39, 0.29) is 0 Å². The zero-order valence-electron chi connectivity index (χ0n) is 13.8. The van der Waals surface area contributed by atoms with Gasteiger partial charge in [-0.05, 0) is 0 Å². The molecule has 0 heterocycles. The summed E-state index contributed by atoms with van der Waals surface area (Å²) in [6, 6.07) is 0. The first-order valence-electron chi connectivity index (χ1n) is 8.73.